The Morgan fingerprint density at radius 1 is 1.30 bits per heavy atom. The van der Waals surface area contributed by atoms with Crippen LogP contribution in [0.15, 0.2) is 18.2 Å². The SMILES string of the molecule is Cc1cccc(C(C)C)c1NC(=O)N(CCO)C(C)C. The van der Waals surface area contributed by atoms with Crippen LogP contribution in [0, 0.1) is 6.92 Å². The maximum Gasteiger partial charge on any atom is 0.322 e. The molecular formula is C16H26N2O2. The monoisotopic (exact) mass is 278 g/mol. The maximum atomic E-state index is 12.4. The van der Waals surface area contributed by atoms with Crippen molar-refractivity contribution in [3.63, 3.8) is 0 Å². The lowest BCUT2D eigenvalue weighted by atomic mass is 9.98. The van der Waals surface area contributed by atoms with Crippen molar-refractivity contribution in [2.45, 2.75) is 46.6 Å². The zero-order chi connectivity index (χ0) is 15.3. The number of aliphatic hydroxyl groups is 1. The predicted octanol–water partition coefficient (Wildman–Crippen LogP) is 3.35. The van der Waals surface area contributed by atoms with E-state index in [2.05, 4.69) is 19.2 Å². The van der Waals surface area contributed by atoms with Gasteiger partial charge in [0.2, 0.25) is 0 Å². The second kappa shape index (κ2) is 7.29. The molecule has 0 atom stereocenters. The van der Waals surface area contributed by atoms with Crippen LogP contribution >= 0.6 is 0 Å². The molecule has 0 fully saturated rings. The average Bonchev–Trinajstić information content (AvgIpc) is 2.37. The molecule has 0 aliphatic rings. The number of aryl methyl sites for hydroxylation is 1. The highest BCUT2D eigenvalue weighted by molar-refractivity contribution is 5.91. The lowest BCUT2D eigenvalue weighted by Gasteiger charge is -2.27. The van der Waals surface area contributed by atoms with E-state index in [4.69, 9.17) is 5.11 Å². The van der Waals surface area contributed by atoms with Crippen molar-refractivity contribution >= 4 is 11.7 Å². The molecular weight excluding hydrogens is 252 g/mol. The van der Waals surface area contributed by atoms with E-state index in [1.807, 2.05) is 39.0 Å². The second-order valence-corrected chi connectivity index (χ2v) is 5.63. The van der Waals surface area contributed by atoms with Crippen molar-refractivity contribution in [2.75, 3.05) is 18.5 Å². The zero-order valence-electron chi connectivity index (χ0n) is 13.1. The molecule has 4 heteroatoms. The van der Waals surface area contributed by atoms with Gasteiger partial charge < -0.3 is 15.3 Å². The van der Waals surface area contributed by atoms with Crippen LogP contribution in [-0.2, 0) is 0 Å². The van der Waals surface area contributed by atoms with E-state index < -0.39 is 0 Å². The number of hydrogen-bond donors (Lipinski definition) is 2. The number of amides is 2. The molecule has 0 aliphatic carbocycles. The molecule has 2 N–H and O–H groups in total. The van der Waals surface area contributed by atoms with Gasteiger partial charge in [0.05, 0.1) is 6.61 Å². The molecule has 0 spiro atoms. The van der Waals surface area contributed by atoms with Crippen LogP contribution in [0.3, 0.4) is 0 Å². The van der Waals surface area contributed by atoms with Crippen molar-refractivity contribution in [1.29, 1.82) is 0 Å². The van der Waals surface area contributed by atoms with Crippen molar-refractivity contribution in [3.8, 4) is 0 Å². The summed E-state index contributed by atoms with van der Waals surface area (Å²) in [6.45, 7) is 10.4. The summed E-state index contributed by atoms with van der Waals surface area (Å²) in [5, 5.41) is 12.1. The van der Waals surface area contributed by atoms with Gasteiger partial charge in [-0.05, 0) is 37.8 Å². The Balaban J connectivity index is 3.00. The standard InChI is InChI=1S/C16H26N2O2/c1-11(2)14-8-6-7-13(5)15(14)17-16(20)18(9-10-19)12(3)4/h6-8,11-12,19H,9-10H2,1-5H3,(H,17,20). The third kappa shape index (κ3) is 3.97. The Morgan fingerprint density at radius 3 is 2.45 bits per heavy atom. The predicted molar refractivity (Wildman–Crippen MR) is 83.2 cm³/mol. The van der Waals surface area contributed by atoms with Crippen LogP contribution in [-0.4, -0.2) is 35.2 Å². The van der Waals surface area contributed by atoms with E-state index in [0.29, 0.717) is 12.5 Å². The summed E-state index contributed by atoms with van der Waals surface area (Å²) in [6, 6.07) is 5.93. The smallest absolute Gasteiger partial charge is 0.322 e. The molecule has 1 rings (SSSR count). The third-order valence-electron chi connectivity index (χ3n) is 3.38. The fourth-order valence-electron chi connectivity index (χ4n) is 2.22. The largest absolute Gasteiger partial charge is 0.395 e. The molecule has 4 nitrogen and oxygen atoms in total. The van der Waals surface area contributed by atoms with E-state index in [9.17, 15) is 4.79 Å². The fraction of sp³-hybridized carbons (Fsp3) is 0.562. The first kappa shape index (κ1) is 16.5. The summed E-state index contributed by atoms with van der Waals surface area (Å²) in [6.07, 6.45) is 0. The summed E-state index contributed by atoms with van der Waals surface area (Å²) < 4.78 is 0. The van der Waals surface area contributed by atoms with Gasteiger partial charge in [0, 0.05) is 18.3 Å². The van der Waals surface area contributed by atoms with Crippen LogP contribution in [0.2, 0.25) is 0 Å². The second-order valence-electron chi connectivity index (χ2n) is 5.63. The van der Waals surface area contributed by atoms with Crippen LogP contribution in [0.4, 0.5) is 10.5 Å². The molecule has 112 valence electrons. The molecule has 0 saturated heterocycles. The lowest BCUT2D eigenvalue weighted by molar-refractivity contribution is 0.172. The first-order chi connectivity index (χ1) is 9.38. The molecule has 2 amide bonds. The number of carbonyl (C=O) groups excluding carboxylic acids is 1. The van der Waals surface area contributed by atoms with Crippen molar-refractivity contribution in [2.24, 2.45) is 0 Å². The molecule has 0 unspecified atom stereocenters. The third-order valence-corrected chi connectivity index (χ3v) is 3.38. The molecule has 0 bridgehead atoms. The number of nitrogens with zero attached hydrogens (tertiary/aromatic N) is 1. The Morgan fingerprint density at radius 2 is 1.95 bits per heavy atom. The molecule has 1 aromatic carbocycles. The zero-order valence-corrected chi connectivity index (χ0v) is 13.1. The highest BCUT2D eigenvalue weighted by Crippen LogP contribution is 2.27. The molecule has 0 aromatic heterocycles. The van der Waals surface area contributed by atoms with Gasteiger partial charge in [-0.2, -0.15) is 0 Å². The quantitative estimate of drug-likeness (QED) is 0.867. The number of anilines is 1. The minimum atomic E-state index is -0.162. The van der Waals surface area contributed by atoms with E-state index in [0.717, 1.165) is 16.8 Å². The van der Waals surface area contributed by atoms with Gasteiger partial charge in [0.15, 0.2) is 0 Å². The fourth-order valence-corrected chi connectivity index (χ4v) is 2.22. The maximum absolute atomic E-state index is 12.4. The number of para-hydroxylation sites is 1. The number of aliphatic hydroxyl groups excluding tert-OH is 1. The number of rotatable bonds is 5. The molecule has 0 saturated carbocycles. The minimum Gasteiger partial charge on any atom is -0.395 e. The van der Waals surface area contributed by atoms with E-state index in [1.54, 1.807) is 4.90 Å². The lowest BCUT2D eigenvalue weighted by Crippen LogP contribution is -2.42. The van der Waals surface area contributed by atoms with Gasteiger partial charge in [-0.15, -0.1) is 0 Å². The topological polar surface area (TPSA) is 52.6 Å². The van der Waals surface area contributed by atoms with Crippen LogP contribution < -0.4 is 5.32 Å². The summed E-state index contributed by atoms with van der Waals surface area (Å²) in [5.74, 6) is 0.343. The molecule has 20 heavy (non-hydrogen) atoms. The Hall–Kier alpha value is -1.55. The normalized spacial score (nSPS) is 11.0. The summed E-state index contributed by atoms with van der Waals surface area (Å²) >= 11 is 0. The highest BCUT2D eigenvalue weighted by atomic mass is 16.3. The summed E-state index contributed by atoms with van der Waals surface area (Å²) in [4.78, 5) is 14.0. The first-order valence-electron chi connectivity index (χ1n) is 7.16. The van der Waals surface area contributed by atoms with Gasteiger partial charge in [-0.1, -0.05) is 32.0 Å². The van der Waals surface area contributed by atoms with E-state index in [1.165, 1.54) is 0 Å². The van der Waals surface area contributed by atoms with Crippen LogP contribution in [0.5, 0.6) is 0 Å². The van der Waals surface area contributed by atoms with E-state index >= 15 is 0 Å². The Bertz CT molecular complexity index is 456. The summed E-state index contributed by atoms with van der Waals surface area (Å²) in [7, 11) is 0. The highest BCUT2D eigenvalue weighted by Gasteiger charge is 2.19. The molecule has 0 radical (unpaired) electrons. The minimum absolute atomic E-state index is 0.0313. The Labute approximate surface area is 121 Å². The van der Waals surface area contributed by atoms with Crippen molar-refractivity contribution < 1.29 is 9.90 Å². The summed E-state index contributed by atoms with van der Waals surface area (Å²) in [5.41, 5.74) is 3.07. The molecule has 1 aromatic rings. The van der Waals surface area contributed by atoms with Crippen LogP contribution in [0.1, 0.15) is 44.7 Å². The van der Waals surface area contributed by atoms with Crippen LogP contribution in [0.25, 0.3) is 0 Å². The number of urea groups is 1. The van der Waals surface area contributed by atoms with Crippen molar-refractivity contribution in [3.05, 3.63) is 29.3 Å². The van der Waals surface area contributed by atoms with Gasteiger partial charge in [0.25, 0.3) is 0 Å². The average molecular weight is 278 g/mol. The van der Waals surface area contributed by atoms with Gasteiger partial charge in [-0.3, -0.25) is 0 Å². The van der Waals surface area contributed by atoms with Gasteiger partial charge in [0.1, 0.15) is 0 Å². The Kier molecular flexibility index (Phi) is 6.02. The number of carbonyl (C=O) groups is 1. The number of benzene rings is 1. The van der Waals surface area contributed by atoms with E-state index in [-0.39, 0.29) is 18.7 Å². The first-order valence-corrected chi connectivity index (χ1v) is 7.16. The molecule has 0 aliphatic heterocycles. The molecule has 0 heterocycles. The van der Waals surface area contributed by atoms with Gasteiger partial charge >= 0.3 is 6.03 Å². The van der Waals surface area contributed by atoms with Crippen molar-refractivity contribution in [1.82, 2.24) is 4.90 Å². The number of hydrogen-bond acceptors (Lipinski definition) is 2. The number of nitrogens with one attached hydrogen (secondary N) is 1. The van der Waals surface area contributed by atoms with Gasteiger partial charge in [-0.25, -0.2) is 4.79 Å².